The zero-order valence-corrected chi connectivity index (χ0v) is 19.4. The smallest absolute Gasteiger partial charge is 0.238 e. The molecule has 1 amide bonds. The van der Waals surface area contributed by atoms with Gasteiger partial charge in [-0.2, -0.15) is 0 Å². The maximum Gasteiger partial charge on any atom is 0.238 e. The van der Waals surface area contributed by atoms with Crippen molar-refractivity contribution in [3.8, 4) is 11.1 Å². The molecule has 4 aromatic carbocycles. The fraction of sp³-hybridized carbons (Fsp3) is 0.179. The Kier molecular flexibility index (Phi) is 4.83. The van der Waals surface area contributed by atoms with Crippen molar-refractivity contribution >= 4 is 32.4 Å². The number of hydrogen-bond donors (Lipinski definition) is 1. The molecule has 1 atom stereocenters. The molecule has 5 nitrogen and oxygen atoms in total. The largest absolute Gasteiger partial charge is 0.312 e. The van der Waals surface area contributed by atoms with Crippen LogP contribution in [0.5, 0.6) is 0 Å². The molecular formula is C28H24N2O3S. The van der Waals surface area contributed by atoms with Crippen LogP contribution in [-0.2, 0) is 34.1 Å². The lowest BCUT2D eigenvalue weighted by Gasteiger charge is -2.21. The van der Waals surface area contributed by atoms with Crippen LogP contribution in [0.2, 0.25) is 0 Å². The Labute approximate surface area is 198 Å². The number of nitrogens with zero attached hydrogens (tertiary/aromatic N) is 1. The lowest BCUT2D eigenvalue weighted by Crippen LogP contribution is -2.35. The van der Waals surface area contributed by atoms with E-state index in [1.54, 1.807) is 11.0 Å². The van der Waals surface area contributed by atoms with Crippen molar-refractivity contribution in [1.29, 1.82) is 0 Å². The van der Waals surface area contributed by atoms with Gasteiger partial charge in [0, 0.05) is 18.2 Å². The highest BCUT2D eigenvalue weighted by Gasteiger charge is 2.34. The molecule has 0 saturated carbocycles. The van der Waals surface area contributed by atoms with E-state index >= 15 is 0 Å². The van der Waals surface area contributed by atoms with Crippen molar-refractivity contribution in [3.05, 3.63) is 95.6 Å². The molecule has 6 rings (SSSR count). The van der Waals surface area contributed by atoms with Crippen LogP contribution in [0.1, 0.15) is 16.7 Å². The SMILES string of the molecule is NS(=O)(=O)c1ccc2c(c1)N(C(=O)C1Cc3ccc(-c4cccc5ccccc45)cc3C1)CC2. The number of benzene rings is 4. The number of rotatable bonds is 3. The molecule has 170 valence electrons. The lowest BCUT2D eigenvalue weighted by atomic mass is 9.96. The molecule has 0 aromatic heterocycles. The summed E-state index contributed by atoms with van der Waals surface area (Å²) in [6, 6.07) is 26.1. The van der Waals surface area contributed by atoms with Crippen LogP contribution in [0, 0.1) is 5.92 Å². The first-order chi connectivity index (χ1) is 16.4. The average Bonchev–Trinajstić information content (AvgIpc) is 3.46. The first-order valence-corrected chi connectivity index (χ1v) is 13.0. The monoisotopic (exact) mass is 468 g/mol. The van der Waals surface area contributed by atoms with Crippen LogP contribution < -0.4 is 10.0 Å². The van der Waals surface area contributed by atoms with Gasteiger partial charge < -0.3 is 4.90 Å². The summed E-state index contributed by atoms with van der Waals surface area (Å²) in [4.78, 5) is 15.3. The molecule has 0 radical (unpaired) electrons. The van der Waals surface area contributed by atoms with Crippen molar-refractivity contribution in [2.75, 3.05) is 11.4 Å². The van der Waals surface area contributed by atoms with Gasteiger partial charge in [-0.15, -0.1) is 0 Å². The van der Waals surface area contributed by atoms with Crippen LogP contribution in [0.25, 0.3) is 21.9 Å². The molecule has 1 unspecified atom stereocenters. The number of sulfonamides is 1. The highest BCUT2D eigenvalue weighted by Crippen LogP contribution is 2.37. The zero-order chi connectivity index (χ0) is 23.4. The van der Waals surface area contributed by atoms with E-state index in [4.69, 9.17) is 5.14 Å². The van der Waals surface area contributed by atoms with Crippen molar-refractivity contribution in [2.24, 2.45) is 11.1 Å². The predicted octanol–water partition coefficient (Wildman–Crippen LogP) is 4.46. The van der Waals surface area contributed by atoms with Gasteiger partial charge in [-0.25, -0.2) is 13.6 Å². The summed E-state index contributed by atoms with van der Waals surface area (Å²) in [6.07, 6.45) is 2.11. The molecule has 1 heterocycles. The van der Waals surface area contributed by atoms with Gasteiger partial charge in [0.25, 0.3) is 0 Å². The summed E-state index contributed by atoms with van der Waals surface area (Å²) >= 11 is 0. The third-order valence-electron chi connectivity index (χ3n) is 7.14. The Morgan fingerprint density at radius 2 is 1.62 bits per heavy atom. The highest BCUT2D eigenvalue weighted by molar-refractivity contribution is 7.89. The fourth-order valence-corrected chi connectivity index (χ4v) is 5.96. The summed E-state index contributed by atoms with van der Waals surface area (Å²) in [5, 5.41) is 7.74. The topological polar surface area (TPSA) is 80.5 Å². The van der Waals surface area contributed by atoms with Gasteiger partial charge in [0.05, 0.1) is 4.90 Å². The minimum atomic E-state index is -3.82. The first-order valence-electron chi connectivity index (χ1n) is 11.5. The van der Waals surface area contributed by atoms with Crippen molar-refractivity contribution < 1.29 is 13.2 Å². The molecule has 1 aliphatic heterocycles. The van der Waals surface area contributed by atoms with Gasteiger partial charge >= 0.3 is 0 Å². The highest BCUT2D eigenvalue weighted by atomic mass is 32.2. The van der Waals surface area contributed by atoms with E-state index in [9.17, 15) is 13.2 Å². The van der Waals surface area contributed by atoms with Crippen LogP contribution in [0.4, 0.5) is 5.69 Å². The number of carbonyl (C=O) groups is 1. The molecule has 34 heavy (non-hydrogen) atoms. The Morgan fingerprint density at radius 3 is 2.47 bits per heavy atom. The molecular weight excluding hydrogens is 444 g/mol. The standard InChI is InChI=1S/C28H24N2O3S/c29-34(32,33)24-11-10-19-12-13-30(27(19)17-24)28(31)23-14-20-8-9-21(15-22(20)16-23)26-7-3-5-18-4-1-2-6-25(18)26/h1-11,15,17,23H,12-14,16H2,(H2,29,32,33). The summed E-state index contributed by atoms with van der Waals surface area (Å²) in [7, 11) is -3.82. The number of fused-ring (bicyclic) bond motifs is 3. The second kappa shape index (κ2) is 7.79. The molecule has 4 aromatic rings. The second-order valence-electron chi connectivity index (χ2n) is 9.19. The molecule has 0 bridgehead atoms. The third-order valence-corrected chi connectivity index (χ3v) is 8.05. The molecule has 2 aliphatic rings. The number of primary sulfonamides is 1. The van der Waals surface area contributed by atoms with E-state index in [1.807, 2.05) is 6.07 Å². The van der Waals surface area contributed by atoms with Gasteiger partial charge in [0.15, 0.2) is 0 Å². The lowest BCUT2D eigenvalue weighted by molar-refractivity contribution is -0.122. The van der Waals surface area contributed by atoms with E-state index in [-0.39, 0.29) is 16.7 Å². The van der Waals surface area contributed by atoms with Crippen molar-refractivity contribution in [3.63, 3.8) is 0 Å². The average molecular weight is 469 g/mol. The van der Waals surface area contributed by atoms with Gasteiger partial charge in [0.1, 0.15) is 0 Å². The van der Waals surface area contributed by atoms with Crippen molar-refractivity contribution in [2.45, 2.75) is 24.2 Å². The summed E-state index contributed by atoms with van der Waals surface area (Å²) < 4.78 is 23.6. The number of anilines is 1. The van der Waals surface area contributed by atoms with E-state index < -0.39 is 10.0 Å². The van der Waals surface area contributed by atoms with Gasteiger partial charge in [-0.3, -0.25) is 4.79 Å². The zero-order valence-electron chi connectivity index (χ0n) is 18.6. The van der Waals surface area contributed by atoms with Crippen LogP contribution >= 0.6 is 0 Å². The molecule has 1 aliphatic carbocycles. The molecule has 0 fully saturated rings. The molecule has 0 spiro atoms. The van der Waals surface area contributed by atoms with E-state index in [0.717, 1.165) is 17.5 Å². The molecule has 2 N–H and O–H groups in total. The Balaban J connectivity index is 1.29. The van der Waals surface area contributed by atoms with Gasteiger partial charge in [-0.1, -0.05) is 66.7 Å². The summed E-state index contributed by atoms with van der Waals surface area (Å²) in [6.45, 7) is 0.566. The predicted molar refractivity (Wildman–Crippen MR) is 134 cm³/mol. The first kappa shape index (κ1) is 21.1. The Hall–Kier alpha value is -3.48. The Morgan fingerprint density at radius 1 is 0.853 bits per heavy atom. The van der Waals surface area contributed by atoms with E-state index in [0.29, 0.717) is 25.1 Å². The number of amides is 1. The van der Waals surface area contributed by atoms with E-state index in [1.165, 1.54) is 39.6 Å². The van der Waals surface area contributed by atoms with E-state index in [2.05, 4.69) is 54.6 Å². The summed E-state index contributed by atoms with van der Waals surface area (Å²) in [5.74, 6) is -0.102. The molecule has 6 heteroatoms. The number of nitrogens with two attached hydrogens (primary N) is 1. The number of carbonyl (C=O) groups excluding carboxylic acids is 1. The van der Waals surface area contributed by atoms with Crippen molar-refractivity contribution in [1.82, 2.24) is 0 Å². The van der Waals surface area contributed by atoms with Gasteiger partial charge in [0.2, 0.25) is 15.9 Å². The maximum atomic E-state index is 13.5. The Bertz CT molecular complexity index is 1570. The number of hydrogen-bond acceptors (Lipinski definition) is 3. The molecule has 0 saturated heterocycles. The minimum Gasteiger partial charge on any atom is -0.312 e. The van der Waals surface area contributed by atoms with Crippen LogP contribution in [0.15, 0.2) is 83.8 Å². The van der Waals surface area contributed by atoms with Crippen LogP contribution in [0.3, 0.4) is 0 Å². The second-order valence-corrected chi connectivity index (χ2v) is 10.8. The maximum absolute atomic E-state index is 13.5. The quantitative estimate of drug-likeness (QED) is 0.482. The minimum absolute atomic E-state index is 0.0420. The van der Waals surface area contributed by atoms with Gasteiger partial charge in [-0.05, 0) is 70.0 Å². The fourth-order valence-electron chi connectivity index (χ4n) is 5.42. The normalized spacial score (nSPS) is 17.1. The third kappa shape index (κ3) is 3.50. The summed E-state index contributed by atoms with van der Waals surface area (Å²) in [5.41, 5.74) is 6.42. The van der Waals surface area contributed by atoms with Crippen LogP contribution in [-0.4, -0.2) is 20.9 Å².